The standard InChI is InChI=1S/C16H21NO3S/c18-15(17-7-8-21-11-16(19)20)10-12-5-6-13-3-1-2-4-14(13)9-12/h5-6,9H,1-4,7-8,10-11H2,(H,17,18)(H,19,20). The summed E-state index contributed by atoms with van der Waals surface area (Å²) >= 11 is 1.31. The summed E-state index contributed by atoms with van der Waals surface area (Å²) in [6.45, 7) is 0.516. The van der Waals surface area contributed by atoms with Gasteiger partial charge in [-0.05, 0) is 42.4 Å². The van der Waals surface area contributed by atoms with E-state index in [-0.39, 0.29) is 11.7 Å². The van der Waals surface area contributed by atoms with Crippen molar-refractivity contribution in [1.29, 1.82) is 0 Å². The molecule has 2 N–H and O–H groups in total. The number of hydrogen-bond donors (Lipinski definition) is 2. The molecule has 2 rings (SSSR count). The molecule has 1 aliphatic rings. The van der Waals surface area contributed by atoms with Crippen molar-refractivity contribution in [2.24, 2.45) is 0 Å². The summed E-state index contributed by atoms with van der Waals surface area (Å²) in [4.78, 5) is 22.2. The zero-order chi connectivity index (χ0) is 15.1. The fourth-order valence-electron chi connectivity index (χ4n) is 2.57. The van der Waals surface area contributed by atoms with Crippen molar-refractivity contribution in [3.8, 4) is 0 Å². The Balaban J connectivity index is 1.73. The minimum absolute atomic E-state index is 0.00156. The molecular weight excluding hydrogens is 286 g/mol. The first-order valence-electron chi connectivity index (χ1n) is 7.32. The Bertz CT molecular complexity index is 516. The van der Waals surface area contributed by atoms with Crippen LogP contribution in [-0.4, -0.2) is 35.0 Å². The molecule has 0 aliphatic heterocycles. The van der Waals surface area contributed by atoms with Crippen LogP contribution in [0.15, 0.2) is 18.2 Å². The zero-order valence-corrected chi connectivity index (χ0v) is 12.9. The number of benzene rings is 1. The third kappa shape index (κ3) is 5.42. The molecule has 1 aromatic rings. The normalized spacial score (nSPS) is 13.5. The minimum Gasteiger partial charge on any atom is -0.481 e. The quantitative estimate of drug-likeness (QED) is 0.757. The van der Waals surface area contributed by atoms with Gasteiger partial charge in [0.1, 0.15) is 0 Å². The lowest BCUT2D eigenvalue weighted by Crippen LogP contribution is -2.27. The Morgan fingerprint density at radius 1 is 1.19 bits per heavy atom. The number of carbonyl (C=O) groups is 2. The second kappa shape index (κ2) is 8.08. The van der Waals surface area contributed by atoms with Gasteiger partial charge in [-0.25, -0.2) is 0 Å². The van der Waals surface area contributed by atoms with E-state index in [1.807, 2.05) is 6.07 Å². The monoisotopic (exact) mass is 307 g/mol. The summed E-state index contributed by atoms with van der Waals surface area (Å²) in [6.07, 6.45) is 5.18. The van der Waals surface area contributed by atoms with E-state index in [1.165, 1.54) is 35.7 Å². The second-order valence-electron chi connectivity index (χ2n) is 5.28. The van der Waals surface area contributed by atoms with Crippen LogP contribution in [0.4, 0.5) is 0 Å². The Morgan fingerprint density at radius 3 is 2.71 bits per heavy atom. The molecule has 0 spiro atoms. The molecule has 0 heterocycles. The SMILES string of the molecule is O=C(O)CSCCNC(=O)Cc1ccc2c(c1)CCCC2. The molecule has 5 heteroatoms. The maximum atomic E-state index is 11.8. The van der Waals surface area contributed by atoms with Crippen molar-refractivity contribution in [1.82, 2.24) is 5.32 Å². The van der Waals surface area contributed by atoms with Crippen LogP contribution in [0.25, 0.3) is 0 Å². The summed E-state index contributed by atoms with van der Waals surface area (Å²) < 4.78 is 0. The number of aliphatic carboxylic acids is 1. The van der Waals surface area contributed by atoms with E-state index in [4.69, 9.17) is 5.11 Å². The molecule has 4 nitrogen and oxygen atoms in total. The number of rotatable bonds is 7. The molecule has 0 aromatic heterocycles. The smallest absolute Gasteiger partial charge is 0.313 e. The topological polar surface area (TPSA) is 66.4 Å². The van der Waals surface area contributed by atoms with Gasteiger partial charge in [0.2, 0.25) is 5.91 Å². The molecule has 0 unspecified atom stereocenters. The molecule has 21 heavy (non-hydrogen) atoms. The number of carboxylic acids is 1. The number of hydrogen-bond acceptors (Lipinski definition) is 3. The first-order chi connectivity index (χ1) is 10.1. The molecule has 114 valence electrons. The highest BCUT2D eigenvalue weighted by Gasteiger charge is 2.11. The summed E-state index contributed by atoms with van der Waals surface area (Å²) in [6, 6.07) is 6.36. The summed E-state index contributed by atoms with van der Waals surface area (Å²) in [5.74, 6) is -0.106. The molecule has 0 radical (unpaired) electrons. The van der Waals surface area contributed by atoms with Gasteiger partial charge in [-0.2, -0.15) is 0 Å². The minimum atomic E-state index is -0.819. The molecule has 0 fully saturated rings. The predicted octanol–water partition coefficient (Wildman–Crippen LogP) is 2.04. The fourth-order valence-corrected chi connectivity index (χ4v) is 3.13. The van der Waals surface area contributed by atoms with Gasteiger partial charge >= 0.3 is 5.97 Å². The summed E-state index contributed by atoms with van der Waals surface area (Å²) in [5.41, 5.74) is 3.88. The highest BCUT2D eigenvalue weighted by molar-refractivity contribution is 7.99. The number of carbonyl (C=O) groups excluding carboxylic acids is 1. The van der Waals surface area contributed by atoms with E-state index in [1.54, 1.807) is 0 Å². The van der Waals surface area contributed by atoms with Crippen molar-refractivity contribution in [3.05, 3.63) is 34.9 Å². The Labute approximate surface area is 129 Å². The molecule has 0 saturated carbocycles. The number of aryl methyl sites for hydroxylation is 2. The molecule has 1 amide bonds. The van der Waals surface area contributed by atoms with E-state index >= 15 is 0 Å². The van der Waals surface area contributed by atoms with Gasteiger partial charge in [-0.15, -0.1) is 11.8 Å². The van der Waals surface area contributed by atoms with E-state index in [0.717, 1.165) is 18.4 Å². The van der Waals surface area contributed by atoms with E-state index in [0.29, 0.717) is 18.7 Å². The van der Waals surface area contributed by atoms with Crippen molar-refractivity contribution >= 4 is 23.6 Å². The molecular formula is C16H21NO3S. The van der Waals surface area contributed by atoms with Gasteiger partial charge in [0, 0.05) is 12.3 Å². The number of fused-ring (bicyclic) bond motifs is 1. The second-order valence-corrected chi connectivity index (χ2v) is 6.39. The maximum absolute atomic E-state index is 11.8. The van der Waals surface area contributed by atoms with Gasteiger partial charge in [0.15, 0.2) is 0 Å². The molecule has 1 aliphatic carbocycles. The van der Waals surface area contributed by atoms with Gasteiger partial charge in [0.05, 0.1) is 12.2 Å². The Hall–Kier alpha value is -1.49. The third-order valence-electron chi connectivity index (χ3n) is 3.57. The molecule has 0 atom stereocenters. The van der Waals surface area contributed by atoms with E-state index in [9.17, 15) is 9.59 Å². The summed E-state index contributed by atoms with van der Waals surface area (Å²) in [7, 11) is 0. The average Bonchev–Trinajstić information content (AvgIpc) is 2.46. The largest absolute Gasteiger partial charge is 0.481 e. The van der Waals surface area contributed by atoms with Crippen molar-refractivity contribution in [2.75, 3.05) is 18.1 Å². The van der Waals surface area contributed by atoms with Crippen LogP contribution < -0.4 is 5.32 Å². The number of nitrogens with one attached hydrogen (secondary N) is 1. The van der Waals surface area contributed by atoms with Crippen LogP contribution in [0.3, 0.4) is 0 Å². The van der Waals surface area contributed by atoms with Gasteiger partial charge in [-0.3, -0.25) is 9.59 Å². The lowest BCUT2D eigenvalue weighted by Gasteiger charge is -2.16. The van der Waals surface area contributed by atoms with Gasteiger partial charge < -0.3 is 10.4 Å². The van der Waals surface area contributed by atoms with Gasteiger partial charge in [0.25, 0.3) is 0 Å². The van der Waals surface area contributed by atoms with Crippen LogP contribution in [0, 0.1) is 0 Å². The van der Waals surface area contributed by atoms with Crippen LogP contribution in [0.1, 0.15) is 29.5 Å². The Morgan fingerprint density at radius 2 is 1.95 bits per heavy atom. The first-order valence-corrected chi connectivity index (χ1v) is 8.47. The van der Waals surface area contributed by atoms with E-state index < -0.39 is 5.97 Å². The van der Waals surface area contributed by atoms with Crippen LogP contribution in [0.2, 0.25) is 0 Å². The fraction of sp³-hybridized carbons (Fsp3) is 0.500. The number of carboxylic acid groups (broad SMARTS) is 1. The van der Waals surface area contributed by atoms with Crippen LogP contribution in [0.5, 0.6) is 0 Å². The van der Waals surface area contributed by atoms with Crippen molar-refractivity contribution in [3.63, 3.8) is 0 Å². The average molecular weight is 307 g/mol. The van der Waals surface area contributed by atoms with E-state index in [2.05, 4.69) is 17.4 Å². The van der Waals surface area contributed by atoms with Gasteiger partial charge in [-0.1, -0.05) is 18.2 Å². The summed E-state index contributed by atoms with van der Waals surface area (Å²) in [5, 5.41) is 11.3. The highest BCUT2D eigenvalue weighted by Crippen LogP contribution is 2.22. The Kier molecular flexibility index (Phi) is 6.11. The predicted molar refractivity (Wildman–Crippen MR) is 84.8 cm³/mol. The van der Waals surface area contributed by atoms with Crippen LogP contribution >= 0.6 is 11.8 Å². The van der Waals surface area contributed by atoms with Crippen LogP contribution in [-0.2, 0) is 28.9 Å². The third-order valence-corrected chi connectivity index (χ3v) is 4.52. The molecule has 0 bridgehead atoms. The maximum Gasteiger partial charge on any atom is 0.313 e. The zero-order valence-electron chi connectivity index (χ0n) is 12.1. The van der Waals surface area contributed by atoms with Crippen molar-refractivity contribution < 1.29 is 14.7 Å². The highest BCUT2D eigenvalue weighted by atomic mass is 32.2. The number of amides is 1. The van der Waals surface area contributed by atoms with Crippen molar-refractivity contribution in [2.45, 2.75) is 32.1 Å². The first kappa shape index (κ1) is 15.9. The lowest BCUT2D eigenvalue weighted by molar-refractivity contribution is -0.133. The number of thioether (sulfide) groups is 1. The molecule has 1 aromatic carbocycles. The molecule has 0 saturated heterocycles. The lowest BCUT2D eigenvalue weighted by atomic mass is 9.90.